The van der Waals surface area contributed by atoms with Crippen molar-refractivity contribution >= 4 is 38.6 Å². The topological polar surface area (TPSA) is 89.3 Å². The van der Waals surface area contributed by atoms with Crippen molar-refractivity contribution in [2.75, 3.05) is 6.54 Å². The molecule has 0 spiro atoms. The van der Waals surface area contributed by atoms with Crippen LogP contribution in [0.5, 0.6) is 0 Å². The van der Waals surface area contributed by atoms with Gasteiger partial charge in [-0.1, -0.05) is 18.5 Å². The summed E-state index contributed by atoms with van der Waals surface area (Å²) in [6.07, 6.45) is 1.97. The summed E-state index contributed by atoms with van der Waals surface area (Å²) < 4.78 is 26.0. The Morgan fingerprint density at radius 3 is 2.67 bits per heavy atom. The monoisotopic (exact) mass is 310 g/mol. The van der Waals surface area contributed by atoms with Gasteiger partial charge in [0.2, 0.25) is 10.0 Å². The normalized spacial score (nSPS) is 17.7. The van der Waals surface area contributed by atoms with Crippen LogP contribution in [-0.4, -0.2) is 19.9 Å². The Kier molecular flexibility index (Phi) is 3.39. The minimum atomic E-state index is -3.71. The van der Waals surface area contributed by atoms with Crippen LogP contribution in [0.2, 0.25) is 4.34 Å². The van der Waals surface area contributed by atoms with Crippen molar-refractivity contribution in [3.05, 3.63) is 20.5 Å². The first-order valence-corrected chi connectivity index (χ1v) is 7.85. The smallest absolute Gasteiger partial charge is 0.258 e. The largest absolute Gasteiger partial charge is 0.300 e. The average molecular weight is 311 g/mol. The second-order valence-electron chi connectivity index (χ2n) is 4.62. The predicted octanol–water partition coefficient (Wildman–Crippen LogP) is 2.39. The van der Waals surface area contributed by atoms with E-state index in [0.29, 0.717) is 17.9 Å². The number of halogens is 1. The highest BCUT2D eigenvalue weighted by Crippen LogP contribution is 2.44. The number of nitro groups is 1. The second kappa shape index (κ2) is 4.44. The lowest BCUT2D eigenvalue weighted by atomic mass is 10.2. The lowest BCUT2D eigenvalue weighted by Crippen LogP contribution is -2.28. The Bertz CT molecular complexity index is 592. The Morgan fingerprint density at radius 1 is 1.61 bits per heavy atom. The summed E-state index contributed by atoms with van der Waals surface area (Å²) in [6, 6.07) is 0.991. The van der Waals surface area contributed by atoms with E-state index in [9.17, 15) is 18.5 Å². The average Bonchev–Trinajstić information content (AvgIpc) is 2.85. The van der Waals surface area contributed by atoms with Crippen LogP contribution in [0.3, 0.4) is 0 Å². The molecule has 2 rings (SSSR count). The van der Waals surface area contributed by atoms with E-state index in [1.54, 1.807) is 0 Å². The highest BCUT2D eigenvalue weighted by atomic mass is 35.5. The van der Waals surface area contributed by atoms with E-state index in [2.05, 4.69) is 4.72 Å². The zero-order valence-corrected chi connectivity index (χ0v) is 11.9. The molecule has 1 heterocycles. The maximum absolute atomic E-state index is 11.9. The van der Waals surface area contributed by atoms with Crippen LogP contribution in [0.25, 0.3) is 0 Å². The van der Waals surface area contributed by atoms with Gasteiger partial charge in [0.25, 0.3) is 5.69 Å². The van der Waals surface area contributed by atoms with E-state index in [1.807, 2.05) is 6.92 Å². The molecule has 1 aromatic rings. The second-order valence-corrected chi connectivity index (χ2v) is 8.26. The van der Waals surface area contributed by atoms with E-state index >= 15 is 0 Å². The number of sulfonamides is 1. The molecular formula is C9H11ClN2O4S2. The molecule has 1 N–H and O–H groups in total. The molecular weight excluding hydrogens is 300 g/mol. The molecule has 0 bridgehead atoms. The van der Waals surface area contributed by atoms with E-state index in [0.717, 1.165) is 18.9 Å². The van der Waals surface area contributed by atoms with E-state index in [1.165, 1.54) is 0 Å². The van der Waals surface area contributed by atoms with Gasteiger partial charge in [0.1, 0.15) is 4.21 Å². The van der Waals surface area contributed by atoms with Gasteiger partial charge in [-0.05, 0) is 18.3 Å². The SMILES string of the molecule is CC1(CNS(=O)(=O)c2cc([N+](=O)[O-])c(Cl)s2)CC1. The lowest BCUT2D eigenvalue weighted by Gasteiger charge is -2.08. The molecule has 0 radical (unpaired) electrons. The molecule has 1 aromatic heterocycles. The minimum Gasteiger partial charge on any atom is -0.258 e. The summed E-state index contributed by atoms with van der Waals surface area (Å²) in [7, 11) is -3.71. The third kappa shape index (κ3) is 2.82. The number of hydrogen-bond acceptors (Lipinski definition) is 5. The maximum Gasteiger partial charge on any atom is 0.300 e. The summed E-state index contributed by atoms with van der Waals surface area (Å²) in [5.41, 5.74) is -0.347. The summed E-state index contributed by atoms with van der Waals surface area (Å²) in [4.78, 5) is 9.91. The van der Waals surface area contributed by atoms with Crippen molar-refractivity contribution in [3.8, 4) is 0 Å². The Morgan fingerprint density at radius 2 is 2.22 bits per heavy atom. The fourth-order valence-corrected chi connectivity index (χ4v) is 4.23. The van der Waals surface area contributed by atoms with Gasteiger partial charge in [-0.3, -0.25) is 10.1 Å². The molecule has 1 fully saturated rings. The van der Waals surface area contributed by atoms with Gasteiger partial charge >= 0.3 is 0 Å². The standard InChI is InChI=1S/C9H11ClN2O4S2/c1-9(2-3-9)5-11-18(15,16)7-4-6(12(13)14)8(10)17-7/h4,11H,2-3,5H2,1H3. The van der Waals surface area contributed by atoms with Crippen molar-refractivity contribution in [2.24, 2.45) is 5.41 Å². The summed E-state index contributed by atoms with van der Waals surface area (Å²) in [5, 5.41) is 10.6. The first-order chi connectivity index (χ1) is 8.23. The van der Waals surface area contributed by atoms with Crippen molar-refractivity contribution < 1.29 is 13.3 Å². The Labute approximate surface area is 113 Å². The molecule has 0 unspecified atom stereocenters. The van der Waals surface area contributed by atoms with Crippen LogP contribution in [0.4, 0.5) is 5.69 Å². The van der Waals surface area contributed by atoms with Crippen LogP contribution in [0.1, 0.15) is 19.8 Å². The zero-order valence-electron chi connectivity index (χ0n) is 9.47. The first-order valence-electron chi connectivity index (χ1n) is 5.17. The fourth-order valence-electron chi connectivity index (χ4n) is 1.33. The minimum absolute atomic E-state index is 0.0278. The van der Waals surface area contributed by atoms with Gasteiger partial charge in [0.05, 0.1) is 4.92 Å². The third-order valence-electron chi connectivity index (χ3n) is 2.90. The Hall–Kier alpha value is -0.700. The quantitative estimate of drug-likeness (QED) is 0.668. The highest BCUT2D eigenvalue weighted by Gasteiger charge is 2.38. The molecule has 0 aromatic carbocycles. The van der Waals surface area contributed by atoms with Gasteiger partial charge < -0.3 is 0 Å². The number of thiophene rings is 1. The van der Waals surface area contributed by atoms with Crippen LogP contribution < -0.4 is 4.72 Å². The van der Waals surface area contributed by atoms with Crippen molar-refractivity contribution in [2.45, 2.75) is 24.0 Å². The van der Waals surface area contributed by atoms with Crippen molar-refractivity contribution in [1.82, 2.24) is 4.72 Å². The maximum atomic E-state index is 11.9. The molecule has 1 saturated carbocycles. The summed E-state index contributed by atoms with van der Waals surface area (Å²) in [5.74, 6) is 0. The fraction of sp³-hybridized carbons (Fsp3) is 0.556. The van der Waals surface area contributed by atoms with Gasteiger partial charge in [0.15, 0.2) is 4.34 Å². The van der Waals surface area contributed by atoms with Gasteiger partial charge in [-0.15, -0.1) is 11.3 Å². The first kappa shape index (κ1) is 13.7. The Balaban J connectivity index is 2.19. The van der Waals surface area contributed by atoms with Crippen LogP contribution in [0, 0.1) is 15.5 Å². The zero-order chi connectivity index (χ0) is 13.6. The highest BCUT2D eigenvalue weighted by molar-refractivity contribution is 7.91. The number of rotatable bonds is 5. The molecule has 0 amide bonds. The molecule has 9 heteroatoms. The molecule has 6 nitrogen and oxygen atoms in total. The van der Waals surface area contributed by atoms with E-state index < -0.39 is 14.9 Å². The predicted molar refractivity (Wildman–Crippen MR) is 68.5 cm³/mol. The van der Waals surface area contributed by atoms with E-state index in [4.69, 9.17) is 11.6 Å². The third-order valence-corrected chi connectivity index (χ3v) is 6.11. The van der Waals surface area contributed by atoms with Crippen molar-refractivity contribution in [1.29, 1.82) is 0 Å². The van der Waals surface area contributed by atoms with E-state index in [-0.39, 0.29) is 19.6 Å². The summed E-state index contributed by atoms with van der Waals surface area (Å²) in [6.45, 7) is 2.33. The molecule has 18 heavy (non-hydrogen) atoms. The lowest BCUT2D eigenvalue weighted by molar-refractivity contribution is -0.384. The number of hydrogen-bond donors (Lipinski definition) is 1. The number of nitrogens with one attached hydrogen (secondary N) is 1. The summed E-state index contributed by atoms with van der Waals surface area (Å²) >= 11 is 6.33. The molecule has 0 aliphatic heterocycles. The van der Waals surface area contributed by atoms with Gasteiger partial charge in [-0.2, -0.15) is 0 Å². The molecule has 0 saturated heterocycles. The molecule has 1 aliphatic rings. The van der Waals surface area contributed by atoms with Crippen LogP contribution in [-0.2, 0) is 10.0 Å². The molecule has 1 aliphatic carbocycles. The van der Waals surface area contributed by atoms with Gasteiger partial charge in [0, 0.05) is 12.6 Å². The molecule has 100 valence electrons. The van der Waals surface area contributed by atoms with Crippen LogP contribution in [0.15, 0.2) is 10.3 Å². The number of nitrogens with zero attached hydrogens (tertiary/aromatic N) is 1. The van der Waals surface area contributed by atoms with Crippen molar-refractivity contribution in [3.63, 3.8) is 0 Å². The van der Waals surface area contributed by atoms with Crippen LogP contribution >= 0.6 is 22.9 Å². The molecule has 0 atom stereocenters. The van der Waals surface area contributed by atoms with Gasteiger partial charge in [-0.25, -0.2) is 13.1 Å².